The van der Waals surface area contributed by atoms with E-state index in [0.29, 0.717) is 17.7 Å². The number of carbonyl (C=O) groups is 1. The summed E-state index contributed by atoms with van der Waals surface area (Å²) < 4.78 is 0. The van der Waals surface area contributed by atoms with Crippen molar-refractivity contribution < 1.29 is 4.79 Å². The van der Waals surface area contributed by atoms with E-state index in [2.05, 4.69) is 27.1 Å². The van der Waals surface area contributed by atoms with Crippen LogP contribution in [0, 0.1) is 13.8 Å². The zero-order valence-corrected chi connectivity index (χ0v) is 15.2. The summed E-state index contributed by atoms with van der Waals surface area (Å²) in [5, 5.41) is 2.96. The number of aryl methyl sites for hydroxylation is 2. The number of para-hydroxylation sites is 1. The molecule has 132 valence electrons. The number of nitrogens with one attached hydrogen (secondary N) is 1. The van der Waals surface area contributed by atoms with Gasteiger partial charge in [-0.1, -0.05) is 25.1 Å². The van der Waals surface area contributed by atoms with Gasteiger partial charge in [0.15, 0.2) is 0 Å². The summed E-state index contributed by atoms with van der Waals surface area (Å²) >= 11 is 0. The molecule has 5 heteroatoms. The number of anilines is 2. The molecule has 1 aliphatic rings. The Morgan fingerprint density at radius 1 is 1.24 bits per heavy atom. The molecule has 1 atom stereocenters. The van der Waals surface area contributed by atoms with E-state index in [1.807, 2.05) is 38.1 Å². The molecular weight excluding hydrogens is 312 g/mol. The van der Waals surface area contributed by atoms with Crippen LogP contribution in [-0.2, 0) is 0 Å². The van der Waals surface area contributed by atoms with Crippen molar-refractivity contribution in [1.82, 2.24) is 9.97 Å². The second-order valence-electron chi connectivity index (χ2n) is 6.71. The number of hydrogen-bond donors (Lipinski definition) is 1. The maximum Gasteiger partial charge on any atom is 0.274 e. The lowest BCUT2D eigenvalue weighted by atomic mass is 10.0. The van der Waals surface area contributed by atoms with Gasteiger partial charge in [-0.25, -0.2) is 9.97 Å². The Labute approximate surface area is 149 Å². The summed E-state index contributed by atoms with van der Waals surface area (Å²) in [6.45, 7) is 7.05. The Kier molecular flexibility index (Phi) is 5.31. The van der Waals surface area contributed by atoms with Gasteiger partial charge in [-0.15, -0.1) is 0 Å². The number of benzene rings is 1. The number of piperidine rings is 1. The molecule has 25 heavy (non-hydrogen) atoms. The molecule has 2 aromatic rings. The summed E-state index contributed by atoms with van der Waals surface area (Å²) in [5.41, 5.74) is 3.09. The SMILES string of the molecule is CCC1CCCCN1c1nc(C)cc(C(=O)Nc2ccccc2C)n1. The third-order valence-corrected chi connectivity index (χ3v) is 4.82. The average molecular weight is 338 g/mol. The number of carbonyl (C=O) groups excluding carboxylic acids is 1. The highest BCUT2D eigenvalue weighted by Gasteiger charge is 2.24. The molecule has 5 nitrogen and oxygen atoms in total. The van der Waals surface area contributed by atoms with Crippen LogP contribution in [-0.4, -0.2) is 28.5 Å². The van der Waals surface area contributed by atoms with Crippen LogP contribution in [0.4, 0.5) is 11.6 Å². The smallest absolute Gasteiger partial charge is 0.274 e. The van der Waals surface area contributed by atoms with Crippen LogP contribution in [0.1, 0.15) is 54.4 Å². The maximum absolute atomic E-state index is 12.7. The summed E-state index contributed by atoms with van der Waals surface area (Å²) in [6, 6.07) is 9.97. The van der Waals surface area contributed by atoms with E-state index in [9.17, 15) is 4.79 Å². The van der Waals surface area contributed by atoms with Gasteiger partial charge in [0.05, 0.1) is 0 Å². The van der Waals surface area contributed by atoms with Crippen LogP contribution in [0.5, 0.6) is 0 Å². The number of hydrogen-bond acceptors (Lipinski definition) is 4. The summed E-state index contributed by atoms with van der Waals surface area (Å²) in [4.78, 5) is 24.1. The topological polar surface area (TPSA) is 58.1 Å². The van der Waals surface area contributed by atoms with Gasteiger partial charge in [0.25, 0.3) is 5.91 Å². The first-order valence-corrected chi connectivity index (χ1v) is 9.07. The minimum atomic E-state index is -0.189. The van der Waals surface area contributed by atoms with E-state index in [1.54, 1.807) is 6.07 Å². The standard InChI is InChI=1S/C20H26N4O/c1-4-16-10-7-8-12-24(16)20-21-15(3)13-18(23-20)19(25)22-17-11-6-5-9-14(17)2/h5-6,9,11,13,16H,4,7-8,10,12H2,1-3H3,(H,22,25). The van der Waals surface area contributed by atoms with Gasteiger partial charge < -0.3 is 10.2 Å². The number of rotatable bonds is 4. The molecule has 1 aromatic carbocycles. The van der Waals surface area contributed by atoms with Crippen molar-refractivity contribution in [2.24, 2.45) is 0 Å². The van der Waals surface area contributed by atoms with Crippen molar-refractivity contribution in [2.75, 3.05) is 16.8 Å². The van der Waals surface area contributed by atoms with Crippen molar-refractivity contribution in [3.8, 4) is 0 Å². The van der Waals surface area contributed by atoms with Crippen LogP contribution in [0.3, 0.4) is 0 Å². The molecule has 1 amide bonds. The molecule has 0 spiro atoms. The first-order chi connectivity index (χ1) is 12.1. The first kappa shape index (κ1) is 17.4. The molecule has 0 radical (unpaired) electrons. The Balaban J connectivity index is 1.86. The second-order valence-corrected chi connectivity index (χ2v) is 6.71. The normalized spacial score (nSPS) is 17.4. The van der Waals surface area contributed by atoms with Crippen LogP contribution in [0.2, 0.25) is 0 Å². The van der Waals surface area contributed by atoms with Crippen LogP contribution < -0.4 is 10.2 Å². The lowest BCUT2D eigenvalue weighted by molar-refractivity contribution is 0.102. The fraction of sp³-hybridized carbons (Fsp3) is 0.450. The molecule has 1 N–H and O–H groups in total. The Morgan fingerprint density at radius 2 is 2.04 bits per heavy atom. The van der Waals surface area contributed by atoms with Crippen molar-refractivity contribution in [2.45, 2.75) is 52.5 Å². The lowest BCUT2D eigenvalue weighted by Gasteiger charge is -2.35. The highest BCUT2D eigenvalue weighted by Crippen LogP contribution is 2.24. The molecular formula is C20H26N4O. The largest absolute Gasteiger partial charge is 0.338 e. The molecule has 1 saturated heterocycles. The molecule has 1 unspecified atom stereocenters. The van der Waals surface area contributed by atoms with Crippen molar-refractivity contribution in [1.29, 1.82) is 0 Å². The van der Waals surface area contributed by atoms with Crippen LogP contribution >= 0.6 is 0 Å². The first-order valence-electron chi connectivity index (χ1n) is 9.07. The molecule has 1 fully saturated rings. The summed E-state index contributed by atoms with van der Waals surface area (Å²) in [6.07, 6.45) is 4.64. The van der Waals surface area contributed by atoms with Gasteiger partial charge in [0.2, 0.25) is 5.95 Å². The molecule has 2 heterocycles. The Morgan fingerprint density at radius 3 is 2.80 bits per heavy atom. The van der Waals surface area contributed by atoms with E-state index in [0.717, 1.165) is 36.3 Å². The van der Waals surface area contributed by atoms with E-state index >= 15 is 0 Å². The fourth-order valence-corrected chi connectivity index (χ4v) is 3.39. The third kappa shape index (κ3) is 3.98. The van der Waals surface area contributed by atoms with Gasteiger partial charge in [0.1, 0.15) is 5.69 Å². The predicted molar refractivity (Wildman–Crippen MR) is 101 cm³/mol. The molecule has 0 saturated carbocycles. The summed E-state index contributed by atoms with van der Waals surface area (Å²) in [7, 11) is 0. The molecule has 0 bridgehead atoms. The van der Waals surface area contributed by atoms with Crippen LogP contribution in [0.25, 0.3) is 0 Å². The summed E-state index contributed by atoms with van der Waals surface area (Å²) in [5.74, 6) is 0.493. The fourth-order valence-electron chi connectivity index (χ4n) is 3.39. The van der Waals surface area contributed by atoms with Gasteiger partial charge in [-0.2, -0.15) is 0 Å². The number of nitrogens with zero attached hydrogens (tertiary/aromatic N) is 3. The molecule has 0 aliphatic carbocycles. The minimum Gasteiger partial charge on any atom is -0.338 e. The quantitative estimate of drug-likeness (QED) is 0.911. The zero-order chi connectivity index (χ0) is 17.8. The highest BCUT2D eigenvalue weighted by atomic mass is 16.1. The van der Waals surface area contributed by atoms with Gasteiger partial charge in [-0.05, 0) is 57.2 Å². The van der Waals surface area contributed by atoms with E-state index in [1.165, 1.54) is 12.8 Å². The average Bonchev–Trinajstić information content (AvgIpc) is 2.63. The monoisotopic (exact) mass is 338 g/mol. The molecule has 1 aliphatic heterocycles. The number of amides is 1. The van der Waals surface area contributed by atoms with Crippen molar-refractivity contribution >= 4 is 17.5 Å². The second kappa shape index (κ2) is 7.64. The molecule has 1 aromatic heterocycles. The van der Waals surface area contributed by atoms with Crippen LogP contribution in [0.15, 0.2) is 30.3 Å². The van der Waals surface area contributed by atoms with E-state index < -0.39 is 0 Å². The van der Waals surface area contributed by atoms with Gasteiger partial charge in [-0.3, -0.25) is 4.79 Å². The zero-order valence-electron chi connectivity index (χ0n) is 15.2. The van der Waals surface area contributed by atoms with Crippen molar-refractivity contribution in [3.63, 3.8) is 0 Å². The Bertz CT molecular complexity index is 759. The van der Waals surface area contributed by atoms with Gasteiger partial charge >= 0.3 is 0 Å². The van der Waals surface area contributed by atoms with E-state index in [4.69, 9.17) is 0 Å². The Hall–Kier alpha value is -2.43. The van der Waals surface area contributed by atoms with Crippen molar-refractivity contribution in [3.05, 3.63) is 47.3 Å². The molecule has 3 rings (SSSR count). The highest BCUT2D eigenvalue weighted by molar-refractivity contribution is 6.03. The minimum absolute atomic E-state index is 0.189. The predicted octanol–water partition coefficient (Wildman–Crippen LogP) is 4.11. The maximum atomic E-state index is 12.7. The third-order valence-electron chi connectivity index (χ3n) is 4.82. The number of aromatic nitrogens is 2. The lowest BCUT2D eigenvalue weighted by Crippen LogP contribution is -2.40. The van der Waals surface area contributed by atoms with E-state index in [-0.39, 0.29) is 5.91 Å². The van der Waals surface area contributed by atoms with Gasteiger partial charge in [0, 0.05) is 24.0 Å².